The average molecular weight is 367 g/mol. The minimum absolute atomic E-state index is 0.00562. The molecule has 1 aliphatic heterocycles. The van der Waals surface area contributed by atoms with Crippen molar-refractivity contribution in [2.45, 2.75) is 26.2 Å². The smallest absolute Gasteiger partial charge is 0.317 e. The lowest BCUT2D eigenvalue weighted by molar-refractivity contribution is 0.201. The molecule has 0 aliphatic carbocycles. The van der Waals surface area contributed by atoms with Gasteiger partial charge >= 0.3 is 6.03 Å². The number of hydrogen-bond donors (Lipinski definition) is 1. The topological polar surface area (TPSA) is 53.4 Å². The van der Waals surface area contributed by atoms with E-state index in [0.29, 0.717) is 32.2 Å². The summed E-state index contributed by atoms with van der Waals surface area (Å²) in [6.45, 7) is 2.05. The van der Waals surface area contributed by atoms with Gasteiger partial charge in [0.1, 0.15) is 5.82 Å². The van der Waals surface area contributed by atoms with Crippen molar-refractivity contribution in [1.82, 2.24) is 24.9 Å². The standard InChI is InChI=1S/C17H20F3N5O/c1-23(2)17(26)21-8-13-7-14-10-24(3-4-25(14)22-13)9-11-5-12(18)6-15(19)16(11)20/h5-7H,3-4,8-10H2,1-2H3,(H,21,26). The molecule has 0 fully saturated rings. The van der Waals surface area contributed by atoms with Crippen LogP contribution in [0.3, 0.4) is 0 Å². The van der Waals surface area contributed by atoms with E-state index in [2.05, 4.69) is 10.4 Å². The van der Waals surface area contributed by atoms with Gasteiger partial charge in [0, 0.05) is 45.4 Å². The molecule has 1 aromatic carbocycles. The van der Waals surface area contributed by atoms with Gasteiger partial charge in [0.2, 0.25) is 0 Å². The lowest BCUT2D eigenvalue weighted by Gasteiger charge is -2.27. The van der Waals surface area contributed by atoms with Gasteiger partial charge in [0.05, 0.1) is 24.5 Å². The Balaban J connectivity index is 1.66. The van der Waals surface area contributed by atoms with Crippen LogP contribution in [0.5, 0.6) is 0 Å². The molecule has 26 heavy (non-hydrogen) atoms. The molecule has 2 aromatic rings. The van der Waals surface area contributed by atoms with Gasteiger partial charge < -0.3 is 10.2 Å². The van der Waals surface area contributed by atoms with E-state index in [0.717, 1.165) is 17.5 Å². The van der Waals surface area contributed by atoms with Crippen molar-refractivity contribution >= 4 is 6.03 Å². The lowest BCUT2D eigenvalue weighted by atomic mass is 10.1. The molecule has 140 valence electrons. The number of urea groups is 1. The molecule has 6 nitrogen and oxygen atoms in total. The van der Waals surface area contributed by atoms with Crippen LogP contribution in [0, 0.1) is 17.5 Å². The van der Waals surface area contributed by atoms with Crippen molar-refractivity contribution in [3.8, 4) is 0 Å². The fourth-order valence-electron chi connectivity index (χ4n) is 2.89. The molecule has 2 heterocycles. The molecule has 9 heteroatoms. The number of nitrogens with zero attached hydrogens (tertiary/aromatic N) is 4. The number of fused-ring (bicyclic) bond motifs is 1. The minimum Gasteiger partial charge on any atom is -0.332 e. The molecule has 3 rings (SSSR count). The molecule has 1 aromatic heterocycles. The number of amides is 2. The van der Waals surface area contributed by atoms with Gasteiger partial charge in [-0.05, 0) is 12.1 Å². The Hall–Kier alpha value is -2.55. The summed E-state index contributed by atoms with van der Waals surface area (Å²) in [6, 6.07) is 3.22. The zero-order valence-electron chi connectivity index (χ0n) is 14.6. The quantitative estimate of drug-likeness (QED) is 0.842. The lowest BCUT2D eigenvalue weighted by Crippen LogP contribution is -2.34. The summed E-state index contributed by atoms with van der Waals surface area (Å²) in [7, 11) is 3.31. The Morgan fingerprint density at radius 1 is 1.23 bits per heavy atom. The maximum absolute atomic E-state index is 13.8. The predicted molar refractivity (Wildman–Crippen MR) is 88.6 cm³/mol. The van der Waals surface area contributed by atoms with E-state index in [1.165, 1.54) is 4.90 Å². The Morgan fingerprint density at radius 2 is 2.00 bits per heavy atom. The second-order valence-electron chi connectivity index (χ2n) is 6.47. The molecule has 0 unspecified atom stereocenters. The summed E-state index contributed by atoms with van der Waals surface area (Å²) in [5, 5.41) is 7.18. The van der Waals surface area contributed by atoms with Crippen LogP contribution in [0.1, 0.15) is 17.0 Å². The van der Waals surface area contributed by atoms with Crippen molar-refractivity contribution in [3.63, 3.8) is 0 Å². The van der Waals surface area contributed by atoms with Crippen molar-refractivity contribution < 1.29 is 18.0 Å². The summed E-state index contributed by atoms with van der Waals surface area (Å²) in [6.07, 6.45) is 0. The van der Waals surface area contributed by atoms with E-state index >= 15 is 0 Å². The summed E-state index contributed by atoms with van der Waals surface area (Å²) in [5.41, 5.74) is 1.62. The van der Waals surface area contributed by atoms with E-state index in [4.69, 9.17) is 0 Å². The maximum atomic E-state index is 13.8. The molecule has 0 atom stereocenters. The average Bonchev–Trinajstić information content (AvgIpc) is 2.99. The highest BCUT2D eigenvalue weighted by Crippen LogP contribution is 2.20. The van der Waals surface area contributed by atoms with Gasteiger partial charge in [0.25, 0.3) is 0 Å². The predicted octanol–water partition coefficient (Wildman–Crippen LogP) is 2.09. The van der Waals surface area contributed by atoms with Crippen molar-refractivity contribution in [2.24, 2.45) is 0 Å². The van der Waals surface area contributed by atoms with Crippen LogP contribution < -0.4 is 5.32 Å². The second kappa shape index (κ2) is 7.36. The zero-order chi connectivity index (χ0) is 18.8. The van der Waals surface area contributed by atoms with Crippen molar-refractivity contribution in [1.29, 1.82) is 0 Å². The van der Waals surface area contributed by atoms with Crippen molar-refractivity contribution in [3.05, 3.63) is 52.6 Å². The minimum atomic E-state index is -1.18. The number of halogens is 3. The number of hydrogen-bond acceptors (Lipinski definition) is 3. The fourth-order valence-corrected chi connectivity index (χ4v) is 2.89. The van der Waals surface area contributed by atoms with Gasteiger partial charge in [0.15, 0.2) is 11.6 Å². The van der Waals surface area contributed by atoms with Gasteiger partial charge in [-0.1, -0.05) is 0 Å². The largest absolute Gasteiger partial charge is 0.332 e. The van der Waals surface area contributed by atoms with E-state index in [9.17, 15) is 18.0 Å². The third-order valence-electron chi connectivity index (χ3n) is 4.22. The summed E-state index contributed by atoms with van der Waals surface area (Å²) < 4.78 is 42.4. The van der Waals surface area contributed by atoms with Gasteiger partial charge in [-0.3, -0.25) is 9.58 Å². The molecular formula is C17H20F3N5O. The molecule has 2 amide bonds. The number of nitrogens with one attached hydrogen (secondary N) is 1. The third-order valence-corrected chi connectivity index (χ3v) is 4.22. The number of benzene rings is 1. The first-order valence-corrected chi connectivity index (χ1v) is 8.20. The Labute approximate surface area is 149 Å². The zero-order valence-corrected chi connectivity index (χ0v) is 14.6. The summed E-state index contributed by atoms with van der Waals surface area (Å²) >= 11 is 0. The van der Waals surface area contributed by atoms with E-state index in [1.807, 2.05) is 15.6 Å². The second-order valence-corrected chi connectivity index (χ2v) is 6.47. The number of aromatic nitrogens is 2. The maximum Gasteiger partial charge on any atom is 0.317 e. The molecule has 0 saturated heterocycles. The van der Waals surface area contributed by atoms with Gasteiger partial charge in [-0.2, -0.15) is 5.10 Å². The summed E-state index contributed by atoms with van der Waals surface area (Å²) in [4.78, 5) is 14.9. The van der Waals surface area contributed by atoms with Crippen molar-refractivity contribution in [2.75, 3.05) is 20.6 Å². The molecule has 0 spiro atoms. The molecule has 0 radical (unpaired) electrons. The number of rotatable bonds is 4. The summed E-state index contributed by atoms with van der Waals surface area (Å²) in [5.74, 6) is -2.99. The highest BCUT2D eigenvalue weighted by molar-refractivity contribution is 5.73. The first-order chi connectivity index (χ1) is 12.3. The van der Waals surface area contributed by atoms with Gasteiger partial charge in [-0.15, -0.1) is 0 Å². The Kier molecular flexibility index (Phi) is 5.17. The number of carbonyl (C=O) groups is 1. The van der Waals surface area contributed by atoms with Crippen LogP contribution in [0.25, 0.3) is 0 Å². The highest BCUT2D eigenvalue weighted by atomic mass is 19.2. The molecule has 0 saturated carbocycles. The Morgan fingerprint density at radius 3 is 2.73 bits per heavy atom. The van der Waals surface area contributed by atoms with Gasteiger partial charge in [-0.25, -0.2) is 18.0 Å². The first kappa shape index (κ1) is 18.2. The normalized spacial score (nSPS) is 14.2. The van der Waals surface area contributed by atoms with Crippen LogP contribution in [-0.4, -0.2) is 46.3 Å². The van der Waals surface area contributed by atoms with E-state index in [-0.39, 0.29) is 18.1 Å². The van der Waals surface area contributed by atoms with E-state index in [1.54, 1.807) is 14.1 Å². The molecule has 0 bridgehead atoms. The SMILES string of the molecule is CN(C)C(=O)NCc1cc2n(n1)CCN(Cc1cc(F)cc(F)c1F)C2. The first-order valence-electron chi connectivity index (χ1n) is 8.20. The number of carbonyl (C=O) groups excluding carboxylic acids is 1. The third kappa shape index (κ3) is 3.98. The fraction of sp³-hybridized carbons (Fsp3) is 0.412. The van der Waals surface area contributed by atoms with Crippen LogP contribution in [0.4, 0.5) is 18.0 Å². The Bertz CT molecular complexity index is 821. The molecule has 1 N–H and O–H groups in total. The molecular weight excluding hydrogens is 347 g/mol. The van der Waals surface area contributed by atoms with Crippen LogP contribution in [0.2, 0.25) is 0 Å². The molecule has 1 aliphatic rings. The van der Waals surface area contributed by atoms with E-state index < -0.39 is 17.5 Å². The van der Waals surface area contributed by atoms with Crippen LogP contribution >= 0.6 is 0 Å². The highest BCUT2D eigenvalue weighted by Gasteiger charge is 2.21. The van der Waals surface area contributed by atoms with Crippen LogP contribution in [-0.2, 0) is 26.2 Å². The monoisotopic (exact) mass is 367 g/mol. The van der Waals surface area contributed by atoms with Crippen LogP contribution in [0.15, 0.2) is 18.2 Å².